The van der Waals surface area contributed by atoms with Gasteiger partial charge in [-0.15, -0.1) is 0 Å². The number of amides is 3. The molecule has 11 heteroatoms. The van der Waals surface area contributed by atoms with E-state index in [-0.39, 0.29) is 31.0 Å². The van der Waals surface area contributed by atoms with Crippen LogP contribution in [-0.2, 0) is 14.4 Å². The largest absolute Gasteiger partial charge is 1.00 e. The SMILES string of the molecule is COc1cccc(Oc2ccc(C(CC(=O)O)NC(=O)NC3C(=O)C=CN(C)C3=O)cc2)c1.[H-].[Na+]. The number of ketones is 1. The first-order chi connectivity index (χ1) is 15.8. The summed E-state index contributed by atoms with van der Waals surface area (Å²) in [6.07, 6.45) is 2.08. The van der Waals surface area contributed by atoms with E-state index < -0.39 is 42.2 Å². The van der Waals surface area contributed by atoms with Crippen molar-refractivity contribution in [2.75, 3.05) is 14.2 Å². The van der Waals surface area contributed by atoms with E-state index in [4.69, 9.17) is 9.47 Å². The summed E-state index contributed by atoms with van der Waals surface area (Å²) >= 11 is 0. The number of ether oxygens (including phenoxy) is 2. The third kappa shape index (κ3) is 7.08. The predicted octanol–water partition coefficient (Wildman–Crippen LogP) is -0.658. The molecular formula is C23H24N3NaO7. The molecule has 0 radical (unpaired) electrons. The number of hydrogen-bond acceptors (Lipinski definition) is 6. The monoisotopic (exact) mass is 477 g/mol. The van der Waals surface area contributed by atoms with Crippen LogP contribution in [0.1, 0.15) is 19.5 Å². The molecule has 0 fully saturated rings. The molecule has 1 aliphatic heterocycles. The summed E-state index contributed by atoms with van der Waals surface area (Å²) in [6.45, 7) is 0. The van der Waals surface area contributed by atoms with Crippen molar-refractivity contribution >= 4 is 23.7 Å². The zero-order valence-corrected chi connectivity index (χ0v) is 21.0. The second-order valence-electron chi connectivity index (χ2n) is 7.22. The number of urea groups is 1. The number of nitrogens with zero attached hydrogens (tertiary/aromatic N) is 1. The number of carboxylic acids is 1. The first kappa shape index (κ1) is 26.9. The van der Waals surface area contributed by atoms with E-state index in [0.717, 1.165) is 0 Å². The van der Waals surface area contributed by atoms with Crippen LogP contribution in [0.25, 0.3) is 0 Å². The van der Waals surface area contributed by atoms with Crippen LogP contribution in [0.2, 0.25) is 0 Å². The fourth-order valence-corrected chi connectivity index (χ4v) is 3.14. The van der Waals surface area contributed by atoms with Crippen molar-refractivity contribution < 1.29 is 64.7 Å². The van der Waals surface area contributed by atoms with Crippen LogP contribution in [0.5, 0.6) is 17.2 Å². The van der Waals surface area contributed by atoms with Crippen molar-refractivity contribution in [1.82, 2.24) is 15.5 Å². The molecule has 0 aliphatic carbocycles. The standard InChI is InChI=1S/C23H23N3O7.Na.H/c1-26-11-10-19(27)21(22(26)30)25-23(31)24-18(13-20(28)29)14-6-8-15(9-7-14)33-17-5-3-4-16(12-17)32-2;;/h3-12,18,21H,13H2,1-2H3,(H,28,29)(H2,24,25,31);;/q;+1;-1. The van der Waals surface area contributed by atoms with Crippen molar-refractivity contribution in [3.05, 3.63) is 66.4 Å². The second kappa shape index (κ2) is 12.2. The van der Waals surface area contributed by atoms with Gasteiger partial charge in [0.25, 0.3) is 5.91 Å². The first-order valence-corrected chi connectivity index (χ1v) is 9.96. The van der Waals surface area contributed by atoms with E-state index in [2.05, 4.69) is 10.6 Å². The Hall–Kier alpha value is -3.34. The van der Waals surface area contributed by atoms with Crippen LogP contribution < -0.4 is 49.7 Å². The first-order valence-electron chi connectivity index (χ1n) is 9.96. The van der Waals surface area contributed by atoms with E-state index in [1.165, 1.54) is 24.2 Å². The van der Waals surface area contributed by atoms with Crippen LogP contribution in [-0.4, -0.2) is 53.9 Å². The van der Waals surface area contributed by atoms with Crippen LogP contribution in [0.15, 0.2) is 60.8 Å². The maximum absolute atomic E-state index is 12.4. The molecule has 1 aliphatic rings. The molecule has 0 saturated carbocycles. The van der Waals surface area contributed by atoms with Crippen LogP contribution in [0.3, 0.4) is 0 Å². The molecule has 0 spiro atoms. The Morgan fingerprint density at radius 2 is 1.79 bits per heavy atom. The number of carbonyl (C=O) groups excluding carboxylic acids is 3. The minimum atomic E-state index is -1.37. The maximum Gasteiger partial charge on any atom is 1.00 e. The molecular weight excluding hydrogens is 453 g/mol. The molecule has 34 heavy (non-hydrogen) atoms. The third-order valence-corrected chi connectivity index (χ3v) is 4.86. The Morgan fingerprint density at radius 3 is 2.44 bits per heavy atom. The molecule has 3 amide bonds. The molecule has 0 saturated heterocycles. The molecule has 2 unspecified atom stereocenters. The molecule has 1 heterocycles. The molecule has 174 valence electrons. The van der Waals surface area contributed by atoms with Crippen LogP contribution >= 0.6 is 0 Å². The van der Waals surface area contributed by atoms with Crippen molar-refractivity contribution in [3.8, 4) is 17.2 Å². The van der Waals surface area contributed by atoms with Crippen molar-refractivity contribution in [2.24, 2.45) is 0 Å². The van der Waals surface area contributed by atoms with E-state index in [0.29, 0.717) is 22.8 Å². The number of nitrogens with one attached hydrogen (secondary N) is 2. The minimum Gasteiger partial charge on any atom is -1.00 e. The Bertz CT molecular complexity index is 1090. The topological polar surface area (TPSA) is 134 Å². The van der Waals surface area contributed by atoms with Gasteiger partial charge in [0.15, 0.2) is 11.8 Å². The van der Waals surface area contributed by atoms with Crippen LogP contribution in [0, 0.1) is 0 Å². The summed E-state index contributed by atoms with van der Waals surface area (Å²) in [5.41, 5.74) is 0.504. The second-order valence-corrected chi connectivity index (χ2v) is 7.22. The molecule has 2 aromatic carbocycles. The van der Waals surface area contributed by atoms with E-state index in [1.54, 1.807) is 55.6 Å². The summed E-state index contributed by atoms with van der Waals surface area (Å²) in [5.74, 6) is -0.600. The van der Waals surface area contributed by atoms with E-state index >= 15 is 0 Å². The van der Waals surface area contributed by atoms with E-state index in [1.807, 2.05) is 0 Å². The zero-order valence-electron chi connectivity index (χ0n) is 20.0. The zero-order chi connectivity index (χ0) is 24.0. The Morgan fingerprint density at radius 1 is 1.12 bits per heavy atom. The van der Waals surface area contributed by atoms with Gasteiger partial charge in [-0.05, 0) is 29.8 Å². The van der Waals surface area contributed by atoms with Crippen molar-refractivity contribution in [2.45, 2.75) is 18.5 Å². The van der Waals surface area contributed by atoms with Crippen LogP contribution in [0.4, 0.5) is 4.79 Å². The van der Waals surface area contributed by atoms with Gasteiger partial charge < -0.3 is 31.5 Å². The summed E-state index contributed by atoms with van der Waals surface area (Å²) in [5, 5.41) is 14.1. The molecule has 0 bridgehead atoms. The Labute approximate surface area is 219 Å². The summed E-state index contributed by atoms with van der Waals surface area (Å²) < 4.78 is 10.9. The normalized spacial score (nSPS) is 15.7. The molecule has 10 nitrogen and oxygen atoms in total. The number of likely N-dealkylation sites (N-methyl/N-ethyl adjacent to an activating group) is 1. The van der Waals surface area contributed by atoms with Gasteiger partial charge in [0.05, 0.1) is 19.6 Å². The number of carbonyl (C=O) groups is 4. The molecule has 2 atom stereocenters. The van der Waals surface area contributed by atoms with Crippen molar-refractivity contribution in [3.63, 3.8) is 0 Å². The Kier molecular flexibility index (Phi) is 9.67. The maximum atomic E-state index is 12.4. The van der Waals surface area contributed by atoms with Gasteiger partial charge in [-0.2, -0.15) is 0 Å². The van der Waals surface area contributed by atoms with Gasteiger partial charge in [0.2, 0.25) is 0 Å². The number of hydrogen-bond donors (Lipinski definition) is 3. The van der Waals surface area contributed by atoms with Gasteiger partial charge in [-0.3, -0.25) is 14.4 Å². The summed E-state index contributed by atoms with van der Waals surface area (Å²) in [4.78, 5) is 49.0. The fourth-order valence-electron chi connectivity index (χ4n) is 3.14. The summed E-state index contributed by atoms with van der Waals surface area (Å²) in [6, 6.07) is 10.4. The summed E-state index contributed by atoms with van der Waals surface area (Å²) in [7, 11) is 3.01. The Balaban J connectivity index is 0.00000306. The van der Waals surface area contributed by atoms with Gasteiger partial charge in [-0.1, -0.05) is 18.2 Å². The number of methoxy groups -OCH3 is 1. The molecule has 2 aromatic rings. The average Bonchev–Trinajstić information content (AvgIpc) is 2.79. The quantitative estimate of drug-likeness (QED) is 0.340. The number of rotatable bonds is 8. The van der Waals surface area contributed by atoms with Gasteiger partial charge in [0, 0.05) is 25.4 Å². The van der Waals surface area contributed by atoms with Gasteiger partial charge in [0.1, 0.15) is 17.2 Å². The number of carboxylic acid groups (broad SMARTS) is 1. The fraction of sp³-hybridized carbons (Fsp3) is 0.217. The molecule has 0 aromatic heterocycles. The van der Waals surface area contributed by atoms with E-state index in [9.17, 15) is 24.3 Å². The number of benzene rings is 2. The predicted molar refractivity (Wildman–Crippen MR) is 118 cm³/mol. The van der Waals surface area contributed by atoms with Gasteiger partial charge >= 0.3 is 41.6 Å². The third-order valence-electron chi connectivity index (χ3n) is 4.86. The average molecular weight is 477 g/mol. The minimum absolute atomic E-state index is 0. The van der Waals surface area contributed by atoms with Crippen molar-refractivity contribution in [1.29, 1.82) is 0 Å². The molecule has 3 rings (SSSR count). The number of aliphatic carboxylic acids is 1. The van der Waals surface area contributed by atoms with Gasteiger partial charge in [-0.25, -0.2) is 4.79 Å². The smallest absolute Gasteiger partial charge is 1.00 e. The molecule has 3 N–H and O–H groups in total.